The predicted molar refractivity (Wildman–Crippen MR) is 51.8 cm³/mol. The van der Waals surface area contributed by atoms with Crippen LogP contribution in [0.3, 0.4) is 0 Å². The van der Waals surface area contributed by atoms with Gasteiger partial charge in [-0.15, -0.1) is 33.2 Å². The lowest BCUT2D eigenvalue weighted by Gasteiger charge is -2.05. The summed E-state index contributed by atoms with van der Waals surface area (Å²) in [4.78, 5) is 0. The molecule has 0 bridgehead atoms. The van der Waals surface area contributed by atoms with Gasteiger partial charge in [-0.2, -0.15) is 22.2 Å². The van der Waals surface area contributed by atoms with E-state index >= 15 is 0 Å². The molecule has 0 saturated heterocycles. The molecular formula is C2H5Cl5Si2. The number of hydrogen-bond acceptors (Lipinski definition) is 0. The zero-order chi connectivity index (χ0) is 7.49. The van der Waals surface area contributed by atoms with Crippen molar-refractivity contribution in [2.24, 2.45) is 0 Å². The maximum Gasteiger partial charge on any atom is 0.341 e. The number of hydrogen-bond donors (Lipinski definition) is 0. The topological polar surface area (TPSA) is 0 Å². The third-order valence-electron chi connectivity index (χ3n) is 0.646. The summed E-state index contributed by atoms with van der Waals surface area (Å²) in [6, 6.07) is -1.15. The van der Waals surface area contributed by atoms with Crippen molar-refractivity contribution in [2.75, 3.05) is 0 Å². The van der Waals surface area contributed by atoms with E-state index in [1.165, 1.54) is 0 Å². The molecule has 0 aliphatic heterocycles. The van der Waals surface area contributed by atoms with Crippen LogP contribution in [0.25, 0.3) is 0 Å². The minimum Gasteiger partial charge on any atom is -0.150 e. The summed E-state index contributed by atoms with van der Waals surface area (Å²) in [5.74, 6) is 0. The molecule has 0 spiro atoms. The van der Waals surface area contributed by atoms with Gasteiger partial charge in [0.2, 0.25) is 7.42 Å². The highest BCUT2D eigenvalue weighted by molar-refractivity contribution is 7.65. The second-order valence-corrected chi connectivity index (χ2v) is 16.0. The fraction of sp³-hybridized carbons (Fsp3) is 1.00. The second kappa shape index (κ2) is 4.70. The monoisotopic (exact) mass is 260 g/mol. The van der Waals surface area contributed by atoms with Gasteiger partial charge >= 0.3 is 6.00 Å². The van der Waals surface area contributed by atoms with Gasteiger partial charge in [-0.3, -0.25) is 0 Å². The van der Waals surface area contributed by atoms with Crippen molar-refractivity contribution in [1.29, 1.82) is 0 Å². The van der Waals surface area contributed by atoms with Crippen molar-refractivity contribution in [1.82, 2.24) is 0 Å². The molecule has 56 valence electrons. The Morgan fingerprint density at radius 3 is 1.67 bits per heavy atom. The van der Waals surface area contributed by atoms with Crippen LogP contribution in [-0.4, -0.2) is 13.4 Å². The van der Waals surface area contributed by atoms with E-state index in [9.17, 15) is 0 Å². The fourth-order valence-corrected chi connectivity index (χ4v) is 7.36. The molecule has 9 heavy (non-hydrogen) atoms. The molecule has 0 aliphatic rings. The van der Waals surface area contributed by atoms with Crippen LogP contribution in [0.5, 0.6) is 0 Å². The predicted octanol–water partition coefficient (Wildman–Crippen LogP) is 3.34. The third-order valence-corrected chi connectivity index (χ3v) is 5.81. The largest absolute Gasteiger partial charge is 0.341 e. The molecular weight excluding hydrogens is 257 g/mol. The maximum absolute atomic E-state index is 5.55. The Morgan fingerprint density at radius 1 is 1.11 bits per heavy atom. The van der Waals surface area contributed by atoms with E-state index in [2.05, 4.69) is 0 Å². The van der Waals surface area contributed by atoms with Crippen LogP contribution in [0.4, 0.5) is 0 Å². The van der Waals surface area contributed by atoms with E-state index in [0.717, 1.165) is 0 Å². The quantitative estimate of drug-likeness (QED) is 0.540. The first-order valence-electron chi connectivity index (χ1n) is 2.27. The first kappa shape index (κ1) is 10.9. The molecule has 0 aromatic carbocycles. The Kier molecular flexibility index (Phi) is 5.68. The van der Waals surface area contributed by atoms with E-state index in [0.29, 0.717) is 12.1 Å². The number of halogens is 5. The van der Waals surface area contributed by atoms with Crippen LogP contribution in [0.1, 0.15) is 0 Å². The van der Waals surface area contributed by atoms with E-state index in [-0.39, 0.29) is 0 Å². The minimum absolute atomic E-state index is 0.585. The summed E-state index contributed by atoms with van der Waals surface area (Å²) in [6.45, 7) is 0. The molecule has 0 rings (SSSR count). The lowest BCUT2D eigenvalue weighted by atomic mass is 11.0. The van der Waals surface area contributed by atoms with E-state index in [1.54, 1.807) is 0 Å². The first-order chi connectivity index (χ1) is 3.92. The molecule has 0 atom stereocenters. The molecule has 0 aliphatic carbocycles. The van der Waals surface area contributed by atoms with Gasteiger partial charge in [0.1, 0.15) is 0 Å². The standard InChI is InChI=1S/C2H5Cl5Si2/c3-8(4)1-2-9(5,6)7/h8H,1-2H2. The zero-order valence-electron chi connectivity index (χ0n) is 4.38. The van der Waals surface area contributed by atoms with Crippen LogP contribution in [-0.2, 0) is 0 Å². The summed E-state index contributed by atoms with van der Waals surface area (Å²) in [5.41, 5.74) is 0. The summed E-state index contributed by atoms with van der Waals surface area (Å²) >= 11 is 27.7. The highest BCUT2D eigenvalue weighted by atomic mass is 35.8. The number of rotatable bonds is 3. The van der Waals surface area contributed by atoms with Gasteiger partial charge < -0.3 is 0 Å². The Balaban J connectivity index is 3.28. The lowest BCUT2D eigenvalue weighted by molar-refractivity contribution is 1.43. The van der Waals surface area contributed by atoms with E-state index in [4.69, 9.17) is 55.4 Å². The Labute approximate surface area is 80.5 Å². The second-order valence-electron chi connectivity index (χ2n) is 1.54. The maximum atomic E-state index is 5.55. The van der Waals surface area contributed by atoms with Crippen LogP contribution in [0.2, 0.25) is 12.1 Å². The van der Waals surface area contributed by atoms with Crippen LogP contribution in [0, 0.1) is 0 Å². The van der Waals surface area contributed by atoms with Crippen LogP contribution < -0.4 is 0 Å². The van der Waals surface area contributed by atoms with Gasteiger partial charge in [0, 0.05) is 0 Å². The fourth-order valence-electron chi connectivity index (χ4n) is 0.273. The van der Waals surface area contributed by atoms with Gasteiger partial charge in [0.15, 0.2) is 0 Å². The highest BCUT2D eigenvalue weighted by Gasteiger charge is 2.25. The zero-order valence-corrected chi connectivity index (χ0v) is 10.3. The summed E-state index contributed by atoms with van der Waals surface area (Å²) < 4.78 is 0. The van der Waals surface area contributed by atoms with E-state index < -0.39 is 13.4 Å². The molecule has 0 aromatic heterocycles. The van der Waals surface area contributed by atoms with Crippen molar-refractivity contribution in [2.45, 2.75) is 12.1 Å². The highest BCUT2D eigenvalue weighted by Crippen LogP contribution is 2.28. The Hall–Kier alpha value is 1.88. The summed E-state index contributed by atoms with van der Waals surface area (Å²) in [7, 11) is -1.54. The first-order valence-corrected chi connectivity index (χ1v) is 11.8. The van der Waals surface area contributed by atoms with Crippen molar-refractivity contribution in [3.8, 4) is 0 Å². The molecule has 0 heterocycles. The third kappa shape index (κ3) is 9.88. The molecule has 0 unspecified atom stereocenters. The molecule has 0 fully saturated rings. The normalized spacial score (nSPS) is 12.7. The molecule has 0 radical (unpaired) electrons. The van der Waals surface area contributed by atoms with Crippen LogP contribution in [0.15, 0.2) is 0 Å². The molecule has 0 aromatic rings. The van der Waals surface area contributed by atoms with E-state index in [1.807, 2.05) is 0 Å². The van der Waals surface area contributed by atoms with Gasteiger partial charge in [-0.1, -0.05) is 0 Å². The summed E-state index contributed by atoms with van der Waals surface area (Å²) in [6.07, 6.45) is 0. The average molecular weight is 262 g/mol. The van der Waals surface area contributed by atoms with Crippen molar-refractivity contribution < 1.29 is 0 Å². The molecule has 0 saturated carbocycles. The Morgan fingerprint density at radius 2 is 1.56 bits per heavy atom. The van der Waals surface area contributed by atoms with Crippen molar-refractivity contribution in [3.05, 3.63) is 0 Å². The van der Waals surface area contributed by atoms with Gasteiger partial charge in [-0.05, 0) is 12.1 Å². The average Bonchev–Trinajstić information content (AvgIpc) is 1.59. The molecule has 0 nitrogen and oxygen atoms in total. The van der Waals surface area contributed by atoms with Crippen molar-refractivity contribution in [3.63, 3.8) is 0 Å². The molecule has 0 amide bonds. The van der Waals surface area contributed by atoms with Gasteiger partial charge in [0.05, 0.1) is 0 Å². The molecule has 0 N–H and O–H groups in total. The SMILES string of the molecule is Cl[SiH](Cl)CC[Si](Cl)(Cl)Cl. The van der Waals surface area contributed by atoms with Crippen LogP contribution >= 0.6 is 55.4 Å². The molecule has 7 heteroatoms. The van der Waals surface area contributed by atoms with Gasteiger partial charge in [-0.25, -0.2) is 0 Å². The summed E-state index contributed by atoms with van der Waals surface area (Å²) in [5, 5.41) is 0. The van der Waals surface area contributed by atoms with Crippen molar-refractivity contribution >= 4 is 68.8 Å². The lowest BCUT2D eigenvalue weighted by Crippen LogP contribution is -2.10. The smallest absolute Gasteiger partial charge is 0.150 e. The minimum atomic E-state index is -2.44. The Bertz CT molecular complexity index is 77.5. The van der Waals surface area contributed by atoms with Gasteiger partial charge in [0.25, 0.3) is 0 Å².